The van der Waals surface area contributed by atoms with E-state index < -0.39 is 14.6 Å². The number of aromatic nitrogens is 1. The monoisotopic (exact) mass is 278 g/mol. The van der Waals surface area contributed by atoms with E-state index in [4.69, 9.17) is 0 Å². The highest BCUT2D eigenvalue weighted by molar-refractivity contribution is 7.92. The molecule has 0 spiro atoms. The Morgan fingerprint density at radius 3 is 2.58 bits per heavy atom. The Morgan fingerprint density at radius 2 is 1.89 bits per heavy atom. The zero-order valence-electron chi connectivity index (χ0n) is 11.3. The van der Waals surface area contributed by atoms with Crippen LogP contribution in [-0.4, -0.2) is 30.9 Å². The van der Waals surface area contributed by atoms with E-state index in [0.29, 0.717) is 6.54 Å². The number of fused-ring (bicyclic) bond motifs is 1. The molecule has 4 nitrogen and oxygen atoms in total. The molecule has 0 aliphatic heterocycles. The summed E-state index contributed by atoms with van der Waals surface area (Å²) in [6, 6.07) is 9.81. The molecule has 0 bridgehead atoms. The number of pyridine rings is 1. The first kappa shape index (κ1) is 13.8. The van der Waals surface area contributed by atoms with Crippen LogP contribution >= 0.6 is 0 Å². The molecular formula is C14H18N2O2S. The molecule has 102 valence electrons. The Kier molecular flexibility index (Phi) is 3.49. The fourth-order valence-corrected chi connectivity index (χ4v) is 2.02. The summed E-state index contributed by atoms with van der Waals surface area (Å²) in [5.74, 6) is 0.717. The Labute approximate surface area is 113 Å². The Bertz CT molecular complexity index is 688. The molecule has 0 aliphatic rings. The quantitative estimate of drug-likeness (QED) is 0.933. The lowest BCUT2D eigenvalue weighted by molar-refractivity contribution is 0.559. The van der Waals surface area contributed by atoms with E-state index >= 15 is 0 Å². The van der Waals surface area contributed by atoms with Crippen molar-refractivity contribution < 1.29 is 8.42 Å². The Morgan fingerprint density at radius 1 is 1.21 bits per heavy atom. The summed E-state index contributed by atoms with van der Waals surface area (Å²) in [4.78, 5) is 4.29. The molecule has 1 aromatic carbocycles. The van der Waals surface area contributed by atoms with Gasteiger partial charge in [0.05, 0.1) is 4.75 Å². The summed E-state index contributed by atoms with van der Waals surface area (Å²) in [6.45, 7) is 3.74. The van der Waals surface area contributed by atoms with Crippen LogP contribution in [0.5, 0.6) is 0 Å². The van der Waals surface area contributed by atoms with Gasteiger partial charge in [0, 0.05) is 24.4 Å². The molecule has 1 heterocycles. The lowest BCUT2D eigenvalue weighted by Crippen LogP contribution is -2.38. The van der Waals surface area contributed by atoms with Crippen LogP contribution in [-0.2, 0) is 9.84 Å². The van der Waals surface area contributed by atoms with E-state index in [-0.39, 0.29) is 0 Å². The highest BCUT2D eigenvalue weighted by Gasteiger charge is 2.30. The highest BCUT2D eigenvalue weighted by Crippen LogP contribution is 2.22. The summed E-state index contributed by atoms with van der Waals surface area (Å²) in [5, 5.41) is 5.22. The van der Waals surface area contributed by atoms with Crippen LogP contribution in [0.1, 0.15) is 13.8 Å². The molecule has 0 saturated heterocycles. The number of hydrogen-bond donors (Lipinski definition) is 1. The van der Waals surface area contributed by atoms with Crippen LogP contribution < -0.4 is 5.32 Å². The molecule has 5 heteroatoms. The van der Waals surface area contributed by atoms with Crippen LogP contribution in [0.2, 0.25) is 0 Å². The number of hydrogen-bond acceptors (Lipinski definition) is 4. The third-order valence-electron chi connectivity index (χ3n) is 3.36. The van der Waals surface area contributed by atoms with Crippen molar-refractivity contribution in [2.45, 2.75) is 18.6 Å². The first-order chi connectivity index (χ1) is 8.81. The summed E-state index contributed by atoms with van der Waals surface area (Å²) in [5.41, 5.74) is 0. The van der Waals surface area contributed by atoms with Crippen molar-refractivity contribution in [2.75, 3.05) is 18.1 Å². The van der Waals surface area contributed by atoms with Crippen molar-refractivity contribution >= 4 is 26.4 Å². The number of nitrogens with zero attached hydrogens (tertiary/aromatic N) is 1. The van der Waals surface area contributed by atoms with Gasteiger partial charge < -0.3 is 5.32 Å². The summed E-state index contributed by atoms with van der Waals surface area (Å²) < 4.78 is 22.5. The first-order valence-electron chi connectivity index (χ1n) is 6.08. The lowest BCUT2D eigenvalue weighted by Gasteiger charge is -2.23. The van der Waals surface area contributed by atoms with E-state index in [9.17, 15) is 8.42 Å². The predicted octanol–water partition coefficient (Wildman–Crippen LogP) is 2.47. The maximum atomic E-state index is 11.7. The molecule has 0 saturated carbocycles. The van der Waals surface area contributed by atoms with Gasteiger partial charge in [-0.15, -0.1) is 0 Å². The largest absolute Gasteiger partial charge is 0.368 e. The number of sulfone groups is 1. The van der Waals surface area contributed by atoms with Crippen LogP contribution in [0.4, 0.5) is 5.82 Å². The summed E-state index contributed by atoms with van der Waals surface area (Å²) in [6.07, 6.45) is 2.98. The molecule has 0 atom stereocenters. The molecule has 0 aliphatic carbocycles. The second kappa shape index (κ2) is 4.81. The molecule has 0 fully saturated rings. The Hall–Kier alpha value is -1.62. The van der Waals surface area contributed by atoms with Gasteiger partial charge >= 0.3 is 0 Å². The topological polar surface area (TPSA) is 59.1 Å². The third kappa shape index (κ3) is 2.87. The second-order valence-corrected chi connectivity index (χ2v) is 7.92. The Balaban J connectivity index is 2.28. The van der Waals surface area contributed by atoms with Crippen LogP contribution in [0.15, 0.2) is 36.5 Å². The smallest absolute Gasteiger partial charge is 0.154 e. The van der Waals surface area contributed by atoms with Crippen LogP contribution in [0.25, 0.3) is 10.8 Å². The fourth-order valence-electron chi connectivity index (χ4n) is 1.69. The van der Waals surface area contributed by atoms with Crippen molar-refractivity contribution in [3.8, 4) is 0 Å². The molecule has 0 unspecified atom stereocenters. The summed E-state index contributed by atoms with van der Waals surface area (Å²) >= 11 is 0. The van der Waals surface area contributed by atoms with Gasteiger partial charge in [-0.3, -0.25) is 0 Å². The van der Waals surface area contributed by atoms with Gasteiger partial charge in [0.15, 0.2) is 9.84 Å². The lowest BCUT2D eigenvalue weighted by atomic mass is 10.1. The normalized spacial score (nSPS) is 12.6. The van der Waals surface area contributed by atoms with Crippen LogP contribution in [0.3, 0.4) is 0 Å². The first-order valence-corrected chi connectivity index (χ1v) is 7.98. The minimum Gasteiger partial charge on any atom is -0.368 e. The maximum absolute atomic E-state index is 11.7. The predicted molar refractivity (Wildman–Crippen MR) is 79.2 cm³/mol. The molecule has 2 aromatic rings. The average Bonchev–Trinajstić information content (AvgIpc) is 2.35. The van der Waals surface area contributed by atoms with E-state index in [1.807, 2.05) is 30.3 Å². The zero-order valence-corrected chi connectivity index (χ0v) is 12.2. The average molecular weight is 278 g/mol. The number of nitrogens with one attached hydrogen (secondary N) is 1. The van der Waals surface area contributed by atoms with Gasteiger partial charge in [0.25, 0.3) is 0 Å². The third-order valence-corrected chi connectivity index (χ3v) is 5.51. The number of benzene rings is 1. The molecule has 1 aromatic heterocycles. The zero-order chi connectivity index (χ0) is 14.1. The summed E-state index contributed by atoms with van der Waals surface area (Å²) in [7, 11) is -3.12. The molecule has 0 radical (unpaired) electrons. The van der Waals surface area contributed by atoms with E-state index in [2.05, 4.69) is 10.3 Å². The minimum absolute atomic E-state index is 0.326. The molecular weight excluding hydrogens is 260 g/mol. The minimum atomic E-state index is -3.12. The molecule has 1 N–H and O–H groups in total. The van der Waals surface area contributed by atoms with Crippen molar-refractivity contribution in [1.29, 1.82) is 0 Å². The van der Waals surface area contributed by atoms with E-state index in [1.54, 1.807) is 20.0 Å². The van der Waals surface area contributed by atoms with E-state index in [1.165, 1.54) is 6.26 Å². The number of anilines is 1. The van der Waals surface area contributed by atoms with Gasteiger partial charge in [-0.2, -0.15) is 0 Å². The standard InChI is InChI=1S/C14H18N2O2S/c1-14(2,19(3,17)18)10-16-13-12-7-5-4-6-11(12)8-9-15-13/h4-9H,10H2,1-3H3,(H,15,16). The van der Waals surface area contributed by atoms with Gasteiger partial charge in [-0.05, 0) is 25.3 Å². The van der Waals surface area contributed by atoms with Crippen molar-refractivity contribution in [1.82, 2.24) is 4.98 Å². The fraction of sp³-hybridized carbons (Fsp3) is 0.357. The van der Waals surface area contributed by atoms with Crippen molar-refractivity contribution in [3.63, 3.8) is 0 Å². The second-order valence-electron chi connectivity index (χ2n) is 5.27. The SMILES string of the molecule is CC(C)(CNc1nccc2ccccc12)S(C)(=O)=O. The van der Waals surface area contributed by atoms with Crippen molar-refractivity contribution in [3.05, 3.63) is 36.5 Å². The molecule has 0 amide bonds. The van der Waals surface area contributed by atoms with Crippen molar-refractivity contribution in [2.24, 2.45) is 0 Å². The van der Waals surface area contributed by atoms with Crippen LogP contribution in [0, 0.1) is 0 Å². The molecule has 19 heavy (non-hydrogen) atoms. The van der Waals surface area contributed by atoms with Gasteiger partial charge in [-0.25, -0.2) is 13.4 Å². The van der Waals surface area contributed by atoms with E-state index in [0.717, 1.165) is 16.6 Å². The molecule has 2 rings (SSSR count). The van der Waals surface area contributed by atoms with Gasteiger partial charge in [0.2, 0.25) is 0 Å². The van der Waals surface area contributed by atoms with Gasteiger partial charge in [-0.1, -0.05) is 24.3 Å². The maximum Gasteiger partial charge on any atom is 0.154 e. The highest BCUT2D eigenvalue weighted by atomic mass is 32.2. The van der Waals surface area contributed by atoms with Gasteiger partial charge in [0.1, 0.15) is 5.82 Å². The number of rotatable bonds is 4.